The first-order valence-electron chi connectivity index (χ1n) is 7.83. The van der Waals surface area contributed by atoms with Crippen molar-refractivity contribution in [2.75, 3.05) is 6.61 Å². The van der Waals surface area contributed by atoms with Crippen LogP contribution in [0.4, 0.5) is 4.79 Å². The molecule has 0 aliphatic carbocycles. The molecule has 0 fully saturated rings. The highest BCUT2D eigenvalue weighted by molar-refractivity contribution is 6.30. The van der Waals surface area contributed by atoms with Gasteiger partial charge in [-0.15, -0.1) is 0 Å². The van der Waals surface area contributed by atoms with Gasteiger partial charge in [0.15, 0.2) is 0 Å². The molecule has 1 atom stereocenters. The van der Waals surface area contributed by atoms with Crippen molar-refractivity contribution in [3.63, 3.8) is 0 Å². The van der Waals surface area contributed by atoms with E-state index in [-0.39, 0.29) is 12.3 Å². The van der Waals surface area contributed by atoms with Gasteiger partial charge >= 0.3 is 6.09 Å². The maximum absolute atomic E-state index is 10.8. The van der Waals surface area contributed by atoms with Gasteiger partial charge in [-0.3, -0.25) is 0 Å². The van der Waals surface area contributed by atoms with Gasteiger partial charge in [-0.1, -0.05) is 28.9 Å². The summed E-state index contributed by atoms with van der Waals surface area (Å²) in [6.45, 7) is -0.419. The molecular weight excluding hydrogens is 376 g/mol. The number of nitrogens with two attached hydrogens (primary N) is 1. The molecule has 2 aromatic heterocycles. The fourth-order valence-corrected chi connectivity index (χ4v) is 2.31. The molecule has 0 bridgehead atoms. The number of amides is 1. The molecule has 2 heterocycles. The Morgan fingerprint density at radius 3 is 2.89 bits per heavy atom. The maximum Gasteiger partial charge on any atom is 0.404 e. The second kappa shape index (κ2) is 8.47. The number of aromatic nitrogens is 3. The van der Waals surface area contributed by atoms with E-state index >= 15 is 0 Å². The average molecular weight is 391 g/mol. The third-order valence-corrected chi connectivity index (χ3v) is 3.60. The van der Waals surface area contributed by atoms with Crippen LogP contribution in [0.5, 0.6) is 11.6 Å². The zero-order valence-corrected chi connectivity index (χ0v) is 14.7. The lowest BCUT2D eigenvalue weighted by atomic mass is 10.2. The van der Waals surface area contributed by atoms with Crippen LogP contribution in [0.15, 0.2) is 47.1 Å². The van der Waals surface area contributed by atoms with Crippen LogP contribution in [-0.2, 0) is 11.2 Å². The minimum Gasteiger partial charge on any atom is -0.443 e. The van der Waals surface area contributed by atoms with Gasteiger partial charge in [0.05, 0.1) is 18.1 Å². The fraction of sp³-hybridized carbons (Fsp3) is 0.176. The predicted molar refractivity (Wildman–Crippen MR) is 94.3 cm³/mol. The van der Waals surface area contributed by atoms with E-state index in [0.717, 1.165) is 0 Å². The average Bonchev–Trinajstić information content (AvgIpc) is 3.11. The monoisotopic (exact) mass is 390 g/mol. The quantitative estimate of drug-likeness (QED) is 0.628. The molecule has 0 saturated heterocycles. The molecule has 0 radical (unpaired) electrons. The fourth-order valence-electron chi connectivity index (χ4n) is 2.20. The summed E-state index contributed by atoms with van der Waals surface area (Å²) in [5, 5.41) is 13.6. The lowest BCUT2D eigenvalue weighted by Crippen LogP contribution is -2.27. The summed E-state index contributed by atoms with van der Waals surface area (Å²) in [4.78, 5) is 19.1. The van der Waals surface area contributed by atoms with Crippen LogP contribution in [0.25, 0.3) is 11.4 Å². The molecule has 1 aromatic carbocycles. The Bertz CT molecular complexity index is 916. The molecule has 1 amide bonds. The van der Waals surface area contributed by atoms with Crippen molar-refractivity contribution >= 4 is 17.7 Å². The first-order valence-corrected chi connectivity index (χ1v) is 8.20. The van der Waals surface area contributed by atoms with E-state index in [2.05, 4.69) is 15.1 Å². The van der Waals surface area contributed by atoms with Crippen molar-refractivity contribution in [2.24, 2.45) is 5.73 Å². The van der Waals surface area contributed by atoms with Gasteiger partial charge in [0.1, 0.15) is 11.9 Å². The van der Waals surface area contributed by atoms with Gasteiger partial charge in [-0.2, -0.15) is 4.98 Å². The second-order valence-electron chi connectivity index (χ2n) is 5.40. The van der Waals surface area contributed by atoms with Crippen LogP contribution < -0.4 is 10.5 Å². The SMILES string of the molecule is NC(=O)OC(CO)Cc1nc(-c2cccc(Oc3ccc(Cl)cn3)c2)no1. The molecule has 0 aliphatic rings. The number of aliphatic hydroxyl groups excluding tert-OH is 1. The molecule has 0 spiro atoms. The number of carbonyl (C=O) groups excluding carboxylic acids is 1. The van der Waals surface area contributed by atoms with Crippen LogP contribution in [-0.4, -0.2) is 39.0 Å². The summed E-state index contributed by atoms with van der Waals surface area (Å²) in [6, 6.07) is 10.3. The van der Waals surface area contributed by atoms with Gasteiger partial charge in [0.2, 0.25) is 17.6 Å². The largest absolute Gasteiger partial charge is 0.443 e. The highest BCUT2D eigenvalue weighted by Gasteiger charge is 2.18. The normalized spacial score (nSPS) is 11.8. The number of hydrogen-bond acceptors (Lipinski definition) is 8. The number of benzene rings is 1. The van der Waals surface area contributed by atoms with E-state index in [4.69, 9.17) is 31.3 Å². The Hall–Kier alpha value is -3.17. The molecule has 0 aliphatic heterocycles. The van der Waals surface area contributed by atoms with Gasteiger partial charge < -0.3 is 24.8 Å². The van der Waals surface area contributed by atoms with Crippen LogP contribution in [0, 0.1) is 0 Å². The minimum absolute atomic E-state index is 0.0390. The molecule has 1 unspecified atom stereocenters. The maximum atomic E-state index is 10.8. The number of carbonyl (C=O) groups is 1. The first-order chi connectivity index (χ1) is 13.0. The van der Waals surface area contributed by atoms with Crippen molar-refractivity contribution in [1.29, 1.82) is 0 Å². The van der Waals surface area contributed by atoms with Gasteiger partial charge in [-0.25, -0.2) is 9.78 Å². The number of halogens is 1. The number of ether oxygens (including phenoxy) is 2. The highest BCUT2D eigenvalue weighted by atomic mass is 35.5. The summed E-state index contributed by atoms with van der Waals surface area (Å²) in [5.41, 5.74) is 5.59. The van der Waals surface area contributed by atoms with E-state index in [1.54, 1.807) is 36.4 Å². The Morgan fingerprint density at radius 1 is 1.33 bits per heavy atom. The van der Waals surface area contributed by atoms with Crippen molar-refractivity contribution in [3.05, 3.63) is 53.5 Å². The van der Waals surface area contributed by atoms with Crippen LogP contribution in [0.2, 0.25) is 5.02 Å². The summed E-state index contributed by atoms with van der Waals surface area (Å²) < 4.78 is 15.5. The number of nitrogens with zero attached hydrogens (tertiary/aromatic N) is 3. The predicted octanol–water partition coefficient (Wildman–Crippen LogP) is 2.58. The second-order valence-corrected chi connectivity index (χ2v) is 5.84. The van der Waals surface area contributed by atoms with Crippen LogP contribution in [0.1, 0.15) is 5.89 Å². The lowest BCUT2D eigenvalue weighted by molar-refractivity contribution is 0.0592. The topological polar surface area (TPSA) is 134 Å². The summed E-state index contributed by atoms with van der Waals surface area (Å²) >= 11 is 5.80. The third kappa shape index (κ3) is 5.16. The van der Waals surface area contributed by atoms with Crippen LogP contribution >= 0.6 is 11.6 Å². The van der Waals surface area contributed by atoms with Crippen molar-refractivity contribution in [1.82, 2.24) is 15.1 Å². The molecule has 3 rings (SSSR count). The molecule has 140 valence electrons. The van der Waals surface area contributed by atoms with Gasteiger partial charge in [0, 0.05) is 17.8 Å². The van der Waals surface area contributed by atoms with Crippen molar-refractivity contribution in [2.45, 2.75) is 12.5 Å². The molecular formula is C17H15ClN4O5. The third-order valence-electron chi connectivity index (χ3n) is 3.37. The zero-order chi connectivity index (χ0) is 19.2. The van der Waals surface area contributed by atoms with Crippen molar-refractivity contribution in [3.8, 4) is 23.0 Å². The Balaban J connectivity index is 1.72. The summed E-state index contributed by atoms with van der Waals surface area (Å²) in [5.74, 6) is 1.42. The molecule has 27 heavy (non-hydrogen) atoms. The number of primary amides is 1. The molecule has 3 N–H and O–H groups in total. The Labute approximate surface area is 158 Å². The lowest BCUT2D eigenvalue weighted by Gasteiger charge is -2.10. The van der Waals surface area contributed by atoms with Crippen molar-refractivity contribution < 1.29 is 23.9 Å². The molecule has 9 nitrogen and oxygen atoms in total. The smallest absolute Gasteiger partial charge is 0.404 e. The van der Waals surface area contributed by atoms with E-state index in [1.807, 2.05) is 0 Å². The summed E-state index contributed by atoms with van der Waals surface area (Å²) in [6.07, 6.45) is -0.328. The Kier molecular flexibility index (Phi) is 5.84. The molecule has 0 saturated carbocycles. The van der Waals surface area contributed by atoms with E-state index in [0.29, 0.717) is 28.0 Å². The standard InChI is InChI=1S/C17H15ClN4O5/c18-11-4-5-14(20-8-11)25-12-3-1-2-10(6-12)16-21-15(27-22-16)7-13(9-23)26-17(19)24/h1-6,8,13,23H,7,9H2,(H2,19,24). The van der Waals surface area contributed by atoms with Gasteiger partial charge in [0.25, 0.3) is 0 Å². The van der Waals surface area contributed by atoms with E-state index in [9.17, 15) is 9.90 Å². The molecule has 3 aromatic rings. The van der Waals surface area contributed by atoms with Crippen LogP contribution in [0.3, 0.4) is 0 Å². The zero-order valence-electron chi connectivity index (χ0n) is 13.9. The number of aliphatic hydroxyl groups is 1. The molecule has 10 heteroatoms. The first kappa shape index (κ1) is 18.6. The van der Waals surface area contributed by atoms with E-state index in [1.165, 1.54) is 6.20 Å². The van der Waals surface area contributed by atoms with E-state index < -0.39 is 18.8 Å². The number of rotatable bonds is 7. The Morgan fingerprint density at radius 2 is 2.19 bits per heavy atom. The van der Waals surface area contributed by atoms with Gasteiger partial charge in [-0.05, 0) is 18.2 Å². The number of pyridine rings is 1. The summed E-state index contributed by atoms with van der Waals surface area (Å²) in [7, 11) is 0. The minimum atomic E-state index is -0.991. The highest BCUT2D eigenvalue weighted by Crippen LogP contribution is 2.25. The number of hydrogen-bond donors (Lipinski definition) is 2.